The molecule has 0 bridgehead atoms. The van der Waals surface area contributed by atoms with E-state index in [0.29, 0.717) is 17.1 Å². The lowest BCUT2D eigenvalue weighted by molar-refractivity contribution is -0.128. The number of sulfone groups is 1. The molecular weight excluding hydrogens is 388 g/mol. The van der Waals surface area contributed by atoms with Gasteiger partial charge in [-0.2, -0.15) is 0 Å². The number of nitrogens with zero attached hydrogens (tertiary/aromatic N) is 1. The van der Waals surface area contributed by atoms with E-state index < -0.39 is 9.84 Å². The molecule has 0 unspecified atom stereocenters. The van der Waals surface area contributed by atoms with E-state index in [1.165, 1.54) is 12.5 Å². The minimum atomic E-state index is -3.51. The van der Waals surface area contributed by atoms with Crippen LogP contribution in [0.15, 0.2) is 47.4 Å². The first kappa shape index (κ1) is 21.0. The second-order valence-electron chi connectivity index (χ2n) is 7.48. The number of hydrogen-bond donors (Lipinski definition) is 1. The molecule has 154 valence electrons. The summed E-state index contributed by atoms with van der Waals surface area (Å²) in [5.74, 6) is -0.632. The second-order valence-corrected chi connectivity index (χ2v) is 9.59. The highest BCUT2D eigenvalue weighted by atomic mass is 32.2. The Hall–Kier alpha value is -2.67. The van der Waals surface area contributed by atoms with Crippen LogP contribution in [0.4, 0.5) is 5.69 Å². The van der Waals surface area contributed by atoms with Crippen molar-refractivity contribution < 1.29 is 18.0 Å². The molecule has 0 aliphatic heterocycles. The predicted molar refractivity (Wildman–Crippen MR) is 112 cm³/mol. The molecule has 6 nitrogen and oxygen atoms in total. The van der Waals surface area contributed by atoms with Gasteiger partial charge in [-0.05, 0) is 60.2 Å². The van der Waals surface area contributed by atoms with E-state index in [1.807, 2.05) is 12.1 Å². The van der Waals surface area contributed by atoms with Crippen LogP contribution in [0.2, 0.25) is 0 Å². The van der Waals surface area contributed by atoms with Crippen molar-refractivity contribution in [3.8, 4) is 0 Å². The third-order valence-electron chi connectivity index (χ3n) is 5.19. The number of hydrogen-bond acceptors (Lipinski definition) is 4. The van der Waals surface area contributed by atoms with Gasteiger partial charge in [-0.25, -0.2) is 8.42 Å². The van der Waals surface area contributed by atoms with Gasteiger partial charge < -0.3 is 10.2 Å². The van der Waals surface area contributed by atoms with Crippen LogP contribution < -0.4 is 5.32 Å². The summed E-state index contributed by atoms with van der Waals surface area (Å²) in [6.07, 6.45) is 2.85. The molecule has 0 heterocycles. The van der Waals surface area contributed by atoms with Gasteiger partial charge in [-0.1, -0.05) is 18.2 Å². The van der Waals surface area contributed by atoms with Crippen molar-refractivity contribution in [3.63, 3.8) is 0 Å². The number of rotatable bonds is 7. The quantitative estimate of drug-likeness (QED) is 0.755. The normalized spacial score (nSPS) is 13.0. The lowest BCUT2D eigenvalue weighted by atomic mass is 10.1. The molecule has 2 amide bonds. The average molecular weight is 415 g/mol. The first-order valence-corrected chi connectivity index (χ1v) is 11.3. The Morgan fingerprint density at radius 3 is 2.59 bits per heavy atom. The molecule has 2 aromatic carbocycles. The summed E-state index contributed by atoms with van der Waals surface area (Å²) in [6.45, 7) is 1.93. The number of carbonyl (C=O) groups is 2. The molecule has 0 spiro atoms. The number of carbonyl (C=O) groups excluding carboxylic acids is 2. The van der Waals surface area contributed by atoms with Crippen molar-refractivity contribution >= 4 is 27.3 Å². The summed E-state index contributed by atoms with van der Waals surface area (Å²) in [4.78, 5) is 25.5. The van der Waals surface area contributed by atoms with E-state index in [4.69, 9.17) is 0 Å². The second kappa shape index (κ2) is 8.78. The molecule has 0 saturated carbocycles. The number of amides is 2. The molecule has 0 saturated heterocycles. The maximum Gasteiger partial charge on any atom is 0.225 e. The lowest BCUT2D eigenvalue weighted by Gasteiger charge is -2.15. The van der Waals surface area contributed by atoms with Gasteiger partial charge in [0.05, 0.1) is 10.6 Å². The Bertz CT molecular complexity index is 1030. The molecule has 0 radical (unpaired) electrons. The summed E-state index contributed by atoms with van der Waals surface area (Å²) in [6, 6.07) is 12.5. The van der Waals surface area contributed by atoms with Gasteiger partial charge in [0, 0.05) is 32.6 Å². The number of aryl methyl sites for hydroxylation is 2. The van der Waals surface area contributed by atoms with Crippen molar-refractivity contribution in [2.45, 2.75) is 44.0 Å². The minimum Gasteiger partial charge on any atom is -0.342 e. The van der Waals surface area contributed by atoms with Gasteiger partial charge in [-0.15, -0.1) is 0 Å². The molecular formula is C22H26N2O4S. The first-order valence-electron chi connectivity index (χ1n) is 9.70. The van der Waals surface area contributed by atoms with Crippen molar-refractivity contribution in [2.75, 3.05) is 18.1 Å². The average Bonchev–Trinajstić information content (AvgIpc) is 3.14. The highest BCUT2D eigenvalue weighted by Crippen LogP contribution is 2.25. The summed E-state index contributed by atoms with van der Waals surface area (Å²) in [5.41, 5.74) is 3.78. The zero-order valence-electron chi connectivity index (χ0n) is 16.8. The summed E-state index contributed by atoms with van der Waals surface area (Å²) >= 11 is 0. The first-order chi connectivity index (χ1) is 13.7. The molecule has 0 aromatic heterocycles. The van der Waals surface area contributed by atoms with Gasteiger partial charge >= 0.3 is 0 Å². The Morgan fingerprint density at radius 2 is 1.83 bits per heavy atom. The fourth-order valence-electron chi connectivity index (χ4n) is 3.44. The number of nitrogens with one attached hydrogen (secondary N) is 1. The van der Waals surface area contributed by atoms with E-state index in [9.17, 15) is 18.0 Å². The summed E-state index contributed by atoms with van der Waals surface area (Å²) in [7, 11) is -1.80. The van der Waals surface area contributed by atoms with Crippen LogP contribution in [0.25, 0.3) is 0 Å². The van der Waals surface area contributed by atoms with Crippen LogP contribution in [0, 0.1) is 0 Å². The Labute approximate surface area is 171 Å². The zero-order valence-corrected chi connectivity index (χ0v) is 17.6. The Morgan fingerprint density at radius 1 is 1.07 bits per heavy atom. The van der Waals surface area contributed by atoms with E-state index in [-0.39, 0.29) is 24.0 Å². The fourth-order valence-corrected chi connectivity index (χ4v) is 4.73. The van der Waals surface area contributed by atoms with Crippen LogP contribution in [0.1, 0.15) is 36.5 Å². The van der Waals surface area contributed by atoms with E-state index in [0.717, 1.165) is 30.4 Å². The molecule has 0 fully saturated rings. The summed E-state index contributed by atoms with van der Waals surface area (Å²) < 4.78 is 25.2. The van der Waals surface area contributed by atoms with Crippen molar-refractivity contribution in [2.24, 2.45) is 0 Å². The predicted octanol–water partition coefficient (Wildman–Crippen LogP) is 2.96. The number of anilines is 1. The fraction of sp³-hybridized carbons (Fsp3) is 0.364. The molecule has 2 aromatic rings. The Balaban J connectivity index is 1.59. The van der Waals surface area contributed by atoms with Crippen LogP contribution in [-0.2, 0) is 38.8 Å². The molecule has 1 aliphatic rings. The number of fused-ring (bicyclic) bond motifs is 1. The third-order valence-corrected chi connectivity index (χ3v) is 6.91. The molecule has 0 atom stereocenters. The number of benzene rings is 2. The topological polar surface area (TPSA) is 83.6 Å². The zero-order chi connectivity index (χ0) is 21.0. The van der Waals surface area contributed by atoms with E-state index in [1.54, 1.807) is 42.3 Å². The monoisotopic (exact) mass is 414 g/mol. The van der Waals surface area contributed by atoms with Gasteiger partial charge in [0.2, 0.25) is 11.8 Å². The van der Waals surface area contributed by atoms with Crippen LogP contribution >= 0.6 is 0 Å². The smallest absolute Gasteiger partial charge is 0.225 e. The van der Waals surface area contributed by atoms with Crippen LogP contribution in [0.5, 0.6) is 0 Å². The Kier molecular flexibility index (Phi) is 6.37. The molecule has 29 heavy (non-hydrogen) atoms. The molecule has 1 N–H and O–H groups in total. The standard InChI is InChI=1S/C22H26N2O4S/c1-16(25)24(2)15-17-5-3-8-20(13-17)23-22(26)11-12-29(27,28)21-10-9-18-6-4-7-19(18)14-21/h3,5,8-10,13-14H,4,6-7,11-12,15H2,1-2H3,(H,23,26). The molecule has 1 aliphatic carbocycles. The maximum atomic E-state index is 12.6. The molecule has 7 heteroatoms. The van der Waals surface area contributed by atoms with E-state index >= 15 is 0 Å². The minimum absolute atomic E-state index is 0.0452. The van der Waals surface area contributed by atoms with E-state index in [2.05, 4.69) is 5.32 Å². The van der Waals surface area contributed by atoms with Gasteiger partial charge in [0.25, 0.3) is 0 Å². The lowest BCUT2D eigenvalue weighted by Crippen LogP contribution is -2.23. The van der Waals surface area contributed by atoms with Gasteiger partial charge in [0.15, 0.2) is 9.84 Å². The van der Waals surface area contributed by atoms with Crippen LogP contribution in [-0.4, -0.2) is 37.9 Å². The van der Waals surface area contributed by atoms with Gasteiger partial charge in [0.1, 0.15) is 0 Å². The largest absolute Gasteiger partial charge is 0.342 e. The third kappa shape index (κ3) is 5.44. The van der Waals surface area contributed by atoms with Gasteiger partial charge in [-0.3, -0.25) is 9.59 Å². The molecule has 3 rings (SSSR count). The summed E-state index contributed by atoms with van der Waals surface area (Å²) in [5, 5.41) is 2.74. The maximum absolute atomic E-state index is 12.6. The van der Waals surface area contributed by atoms with Crippen molar-refractivity contribution in [1.82, 2.24) is 4.90 Å². The van der Waals surface area contributed by atoms with Crippen molar-refractivity contribution in [3.05, 3.63) is 59.2 Å². The SMILES string of the molecule is CC(=O)N(C)Cc1cccc(NC(=O)CCS(=O)(=O)c2ccc3c(c2)CCC3)c1. The highest BCUT2D eigenvalue weighted by molar-refractivity contribution is 7.91. The van der Waals surface area contributed by atoms with Crippen molar-refractivity contribution in [1.29, 1.82) is 0 Å². The highest BCUT2D eigenvalue weighted by Gasteiger charge is 2.20. The van der Waals surface area contributed by atoms with Crippen LogP contribution in [0.3, 0.4) is 0 Å².